The van der Waals surface area contributed by atoms with E-state index in [1.165, 1.54) is 39.3 Å². The van der Waals surface area contributed by atoms with E-state index in [0.717, 1.165) is 11.4 Å². The molecular formula is C30H31ClN4OS. The number of rotatable bonds is 5. The summed E-state index contributed by atoms with van der Waals surface area (Å²) in [6.07, 6.45) is 1.83. The van der Waals surface area contributed by atoms with Crippen molar-refractivity contribution in [1.82, 2.24) is 14.9 Å². The van der Waals surface area contributed by atoms with Crippen LogP contribution in [0.2, 0.25) is 5.02 Å². The third-order valence-electron chi connectivity index (χ3n) is 7.16. The first kappa shape index (κ1) is 25.3. The second-order valence-electron chi connectivity index (χ2n) is 9.72. The summed E-state index contributed by atoms with van der Waals surface area (Å²) in [5.74, 6) is 0.629. The first-order chi connectivity index (χ1) is 17.7. The number of hydrogen-bond acceptors (Lipinski definition) is 3. The smallest absolute Gasteiger partial charge is 0.174 e. The molecular weight excluding hydrogens is 500 g/mol. The lowest BCUT2D eigenvalue weighted by atomic mass is 9.96. The number of aryl methyl sites for hydroxylation is 4. The maximum Gasteiger partial charge on any atom is 0.174 e. The molecule has 1 fully saturated rings. The molecule has 1 N–H and O–H groups in total. The molecule has 1 saturated heterocycles. The summed E-state index contributed by atoms with van der Waals surface area (Å²) < 4.78 is 7.77. The molecule has 1 aliphatic rings. The van der Waals surface area contributed by atoms with Crippen LogP contribution in [-0.4, -0.2) is 21.8 Å². The zero-order chi connectivity index (χ0) is 26.4. The fourth-order valence-corrected chi connectivity index (χ4v) is 6.31. The van der Waals surface area contributed by atoms with E-state index in [9.17, 15) is 0 Å². The van der Waals surface area contributed by atoms with E-state index in [-0.39, 0.29) is 12.1 Å². The highest BCUT2D eigenvalue weighted by molar-refractivity contribution is 7.80. The molecule has 0 radical (unpaired) electrons. The zero-order valence-electron chi connectivity index (χ0n) is 22.0. The van der Waals surface area contributed by atoms with Gasteiger partial charge in [0.1, 0.15) is 5.75 Å². The Morgan fingerprint density at radius 2 is 1.70 bits per heavy atom. The number of thiocarbonyl (C=S) groups is 1. The number of anilines is 1. The van der Waals surface area contributed by atoms with Crippen LogP contribution < -0.4 is 15.0 Å². The van der Waals surface area contributed by atoms with Crippen molar-refractivity contribution in [2.45, 2.75) is 46.7 Å². The van der Waals surface area contributed by atoms with E-state index in [1.54, 1.807) is 7.11 Å². The van der Waals surface area contributed by atoms with Gasteiger partial charge in [-0.25, -0.2) is 0 Å². The summed E-state index contributed by atoms with van der Waals surface area (Å²) in [6.45, 7) is 10.9. The second kappa shape index (κ2) is 9.84. The Labute approximate surface area is 229 Å². The molecule has 0 spiro atoms. The Kier molecular flexibility index (Phi) is 6.73. The van der Waals surface area contributed by atoms with Gasteiger partial charge in [-0.1, -0.05) is 35.4 Å². The van der Waals surface area contributed by atoms with Gasteiger partial charge in [-0.05, 0) is 99.9 Å². The standard InChI is InChI=1S/C30H31ClN4OS/c1-17-13-18(2)28(19(3)14-17)34-20(4)15-23(21(34)5)29-27(25-9-7-8-12-32-25)33-30(37)35(29)22-10-11-26(36-6)24(31)16-22/h7-16,27,29H,1-6H3,(H,33,37). The van der Waals surface area contributed by atoms with Crippen LogP contribution in [0, 0.1) is 34.6 Å². The lowest BCUT2D eigenvalue weighted by Gasteiger charge is -2.28. The topological polar surface area (TPSA) is 42.3 Å². The van der Waals surface area contributed by atoms with E-state index in [4.69, 9.17) is 33.5 Å². The lowest BCUT2D eigenvalue weighted by Crippen LogP contribution is -2.29. The van der Waals surface area contributed by atoms with Crippen LogP contribution in [0.5, 0.6) is 5.75 Å². The number of benzene rings is 2. The average molecular weight is 531 g/mol. The summed E-state index contributed by atoms with van der Waals surface area (Å²) in [5.41, 5.74) is 10.4. The van der Waals surface area contributed by atoms with Gasteiger partial charge in [0, 0.05) is 23.3 Å². The van der Waals surface area contributed by atoms with Crippen molar-refractivity contribution in [3.05, 3.63) is 105 Å². The highest BCUT2D eigenvalue weighted by Gasteiger charge is 2.42. The van der Waals surface area contributed by atoms with Crippen LogP contribution >= 0.6 is 23.8 Å². The van der Waals surface area contributed by atoms with Crippen molar-refractivity contribution in [2.75, 3.05) is 12.0 Å². The van der Waals surface area contributed by atoms with Crippen LogP contribution in [0.1, 0.15) is 51.4 Å². The van der Waals surface area contributed by atoms with E-state index < -0.39 is 0 Å². The molecule has 190 valence electrons. The molecule has 0 saturated carbocycles. The minimum Gasteiger partial charge on any atom is -0.495 e. The molecule has 7 heteroatoms. The van der Waals surface area contributed by atoms with Gasteiger partial charge in [0.2, 0.25) is 0 Å². The maximum atomic E-state index is 6.56. The zero-order valence-corrected chi connectivity index (χ0v) is 23.5. The highest BCUT2D eigenvalue weighted by Crippen LogP contribution is 2.45. The van der Waals surface area contributed by atoms with Gasteiger partial charge < -0.3 is 19.5 Å². The summed E-state index contributed by atoms with van der Waals surface area (Å²) in [5, 5.41) is 4.73. The molecule has 2 aromatic heterocycles. The first-order valence-electron chi connectivity index (χ1n) is 12.3. The predicted molar refractivity (Wildman–Crippen MR) is 155 cm³/mol. The summed E-state index contributed by atoms with van der Waals surface area (Å²) in [6, 6.07) is 18.3. The van der Waals surface area contributed by atoms with Gasteiger partial charge in [0.25, 0.3) is 0 Å². The second-order valence-corrected chi connectivity index (χ2v) is 10.5. The van der Waals surface area contributed by atoms with Crippen LogP contribution in [0.15, 0.2) is 60.8 Å². The Morgan fingerprint density at radius 1 is 0.973 bits per heavy atom. The molecule has 2 unspecified atom stereocenters. The molecule has 4 aromatic rings. The lowest BCUT2D eigenvalue weighted by molar-refractivity contribution is 0.415. The Morgan fingerprint density at radius 3 is 2.32 bits per heavy atom. The number of nitrogens with zero attached hydrogens (tertiary/aromatic N) is 3. The van der Waals surface area contributed by atoms with Crippen LogP contribution in [0.4, 0.5) is 5.69 Å². The first-order valence-corrected chi connectivity index (χ1v) is 13.1. The molecule has 2 aromatic carbocycles. The minimum absolute atomic E-state index is 0.127. The number of hydrogen-bond donors (Lipinski definition) is 1. The van der Waals surface area contributed by atoms with Crippen LogP contribution in [0.3, 0.4) is 0 Å². The van der Waals surface area contributed by atoms with Crippen LogP contribution in [0.25, 0.3) is 5.69 Å². The van der Waals surface area contributed by atoms with E-state index in [2.05, 4.69) is 67.6 Å². The highest BCUT2D eigenvalue weighted by atomic mass is 35.5. The van der Waals surface area contributed by atoms with Crippen molar-refractivity contribution >= 4 is 34.6 Å². The Balaban J connectivity index is 1.71. The molecule has 0 bridgehead atoms. The quantitative estimate of drug-likeness (QED) is 0.275. The van der Waals surface area contributed by atoms with Gasteiger partial charge in [-0.3, -0.25) is 4.98 Å². The number of methoxy groups -OCH3 is 1. The van der Waals surface area contributed by atoms with Gasteiger partial charge >= 0.3 is 0 Å². The third kappa shape index (κ3) is 4.38. The average Bonchev–Trinajstić information content (AvgIpc) is 3.35. The van der Waals surface area contributed by atoms with E-state index >= 15 is 0 Å². The summed E-state index contributed by atoms with van der Waals surface area (Å²) in [4.78, 5) is 6.85. The largest absolute Gasteiger partial charge is 0.495 e. The minimum atomic E-state index is -0.135. The number of nitrogens with one attached hydrogen (secondary N) is 1. The maximum absolute atomic E-state index is 6.56. The number of halogens is 1. The summed E-state index contributed by atoms with van der Waals surface area (Å²) in [7, 11) is 1.62. The molecule has 5 nitrogen and oxygen atoms in total. The third-order valence-corrected chi connectivity index (χ3v) is 7.77. The number of pyridine rings is 1. The Bertz CT molecular complexity index is 1470. The number of ether oxygens (including phenoxy) is 1. The van der Waals surface area contributed by atoms with Gasteiger partial charge in [0.05, 0.1) is 35.6 Å². The summed E-state index contributed by atoms with van der Waals surface area (Å²) >= 11 is 12.5. The monoisotopic (exact) mass is 530 g/mol. The normalized spacial score (nSPS) is 17.3. The molecule has 1 aliphatic heterocycles. The van der Waals surface area contributed by atoms with Crippen molar-refractivity contribution < 1.29 is 4.74 Å². The SMILES string of the molecule is COc1ccc(N2C(=S)NC(c3ccccn3)C2c2cc(C)n(-c3c(C)cc(C)cc3C)c2C)cc1Cl. The fraction of sp³-hybridized carbons (Fsp3) is 0.267. The molecule has 0 aliphatic carbocycles. The Hall–Kier alpha value is -3.35. The van der Waals surface area contributed by atoms with E-state index in [1.807, 2.05) is 42.6 Å². The molecule has 3 heterocycles. The van der Waals surface area contributed by atoms with E-state index in [0.29, 0.717) is 15.9 Å². The molecule has 37 heavy (non-hydrogen) atoms. The van der Waals surface area contributed by atoms with Crippen molar-refractivity contribution in [3.63, 3.8) is 0 Å². The fourth-order valence-electron chi connectivity index (χ4n) is 5.71. The molecule has 5 rings (SSSR count). The van der Waals surface area contributed by atoms with Crippen molar-refractivity contribution in [1.29, 1.82) is 0 Å². The van der Waals surface area contributed by atoms with Crippen LogP contribution in [-0.2, 0) is 0 Å². The molecule has 0 amide bonds. The molecule has 2 atom stereocenters. The predicted octanol–water partition coefficient (Wildman–Crippen LogP) is 7.25. The van der Waals surface area contributed by atoms with Crippen molar-refractivity contribution in [2.24, 2.45) is 0 Å². The van der Waals surface area contributed by atoms with Gasteiger partial charge in [0.15, 0.2) is 5.11 Å². The number of aromatic nitrogens is 2. The van der Waals surface area contributed by atoms with Gasteiger partial charge in [-0.15, -0.1) is 0 Å². The van der Waals surface area contributed by atoms with Crippen molar-refractivity contribution in [3.8, 4) is 11.4 Å². The van der Waals surface area contributed by atoms with Gasteiger partial charge in [-0.2, -0.15) is 0 Å².